The summed E-state index contributed by atoms with van der Waals surface area (Å²) in [5, 5.41) is 11.8. The topological polar surface area (TPSA) is 75.6 Å². The van der Waals surface area contributed by atoms with Crippen LogP contribution in [0, 0.1) is 13.8 Å². The van der Waals surface area contributed by atoms with Crippen molar-refractivity contribution in [1.29, 1.82) is 0 Å². The monoisotopic (exact) mass is 291 g/mol. The van der Waals surface area contributed by atoms with Crippen LogP contribution in [-0.4, -0.2) is 36.6 Å². The number of hydrogen-bond donors (Lipinski definition) is 2. The third-order valence-corrected chi connectivity index (χ3v) is 3.29. The van der Waals surface area contributed by atoms with E-state index in [-0.39, 0.29) is 12.2 Å². The molecule has 1 unspecified atom stereocenters. The van der Waals surface area contributed by atoms with E-state index in [1.54, 1.807) is 18.2 Å². The van der Waals surface area contributed by atoms with E-state index in [9.17, 15) is 9.59 Å². The molecule has 0 spiro atoms. The number of nitrogens with one attached hydrogen (secondary N) is 1. The minimum absolute atomic E-state index is 0.289. The van der Waals surface area contributed by atoms with E-state index in [4.69, 9.17) is 9.84 Å². The van der Waals surface area contributed by atoms with Gasteiger partial charge in [0.1, 0.15) is 5.75 Å². The van der Waals surface area contributed by atoms with Crippen LogP contribution in [-0.2, 0) is 4.79 Å². The molecule has 2 N–H and O–H groups in total. The van der Waals surface area contributed by atoms with Crippen LogP contribution in [0.1, 0.15) is 27.9 Å². The second-order valence-electron chi connectivity index (χ2n) is 4.85. The van der Waals surface area contributed by atoms with E-state index in [0.717, 1.165) is 11.1 Å². The fourth-order valence-electron chi connectivity index (χ4n) is 2.00. The number of aliphatic carboxylic acids is 1. The number of aryl methyl sites for hydroxylation is 2. The van der Waals surface area contributed by atoms with E-state index in [1.165, 1.54) is 7.11 Å². The number of ether oxygens (including phenoxy) is 1. The summed E-state index contributed by atoms with van der Waals surface area (Å²) >= 11 is 0. The molecule has 0 saturated heterocycles. The number of Topliss-reactive ketones (excluding diaryl/α,β-unsaturated/α-hetero) is 1. The minimum Gasteiger partial charge on any atom is -0.496 e. The molecule has 5 heteroatoms. The first-order chi connectivity index (χ1) is 9.90. The van der Waals surface area contributed by atoms with Crippen molar-refractivity contribution in [2.45, 2.75) is 26.3 Å². The van der Waals surface area contributed by atoms with Crippen molar-refractivity contribution < 1.29 is 19.4 Å². The average Bonchev–Trinajstić information content (AvgIpc) is 2.44. The number of carboxylic acids is 1. The first-order valence-corrected chi connectivity index (χ1v) is 6.66. The van der Waals surface area contributed by atoms with Crippen LogP contribution >= 0.6 is 0 Å². The second-order valence-corrected chi connectivity index (χ2v) is 4.85. The molecule has 0 fully saturated rings. The molecular formula is C16H21NO4. The number of hydrogen-bond acceptors (Lipinski definition) is 4. The summed E-state index contributed by atoms with van der Waals surface area (Å²) in [5.74, 6) is -0.870. The van der Waals surface area contributed by atoms with E-state index >= 15 is 0 Å². The zero-order valence-corrected chi connectivity index (χ0v) is 12.6. The fraction of sp³-hybridized carbons (Fsp3) is 0.375. The van der Waals surface area contributed by atoms with E-state index in [1.807, 2.05) is 13.8 Å². The Morgan fingerprint density at radius 3 is 2.52 bits per heavy atom. The van der Waals surface area contributed by atoms with Gasteiger partial charge in [-0.15, -0.1) is 6.58 Å². The zero-order valence-electron chi connectivity index (χ0n) is 12.6. The molecule has 0 bridgehead atoms. The van der Waals surface area contributed by atoms with Gasteiger partial charge in [0.2, 0.25) is 0 Å². The highest BCUT2D eigenvalue weighted by atomic mass is 16.5. The molecule has 0 amide bonds. The fourth-order valence-corrected chi connectivity index (χ4v) is 2.00. The summed E-state index contributed by atoms with van der Waals surface area (Å²) in [4.78, 5) is 23.5. The van der Waals surface area contributed by atoms with Crippen LogP contribution in [0.25, 0.3) is 0 Å². The van der Waals surface area contributed by atoms with Crippen molar-refractivity contribution in [3.05, 3.63) is 41.5 Å². The maximum absolute atomic E-state index is 12.6. The molecule has 1 rings (SSSR count). The Balaban J connectivity index is 3.15. The Bertz CT molecular complexity index is 551. The van der Waals surface area contributed by atoms with Gasteiger partial charge in [-0.1, -0.05) is 6.08 Å². The summed E-state index contributed by atoms with van der Waals surface area (Å²) in [7, 11) is 1.49. The van der Waals surface area contributed by atoms with E-state index < -0.39 is 12.0 Å². The quantitative estimate of drug-likeness (QED) is 0.567. The zero-order chi connectivity index (χ0) is 16.0. The number of rotatable bonds is 8. The van der Waals surface area contributed by atoms with Crippen LogP contribution < -0.4 is 10.1 Å². The number of benzene rings is 1. The molecule has 0 radical (unpaired) electrons. The van der Waals surface area contributed by atoms with Gasteiger partial charge in [-0.3, -0.25) is 9.59 Å². The Morgan fingerprint density at radius 1 is 1.38 bits per heavy atom. The van der Waals surface area contributed by atoms with Crippen molar-refractivity contribution in [2.24, 2.45) is 0 Å². The Hall–Kier alpha value is -2.14. The predicted octanol–water partition coefficient (Wildman–Crippen LogP) is 2.11. The average molecular weight is 291 g/mol. The highest BCUT2D eigenvalue weighted by Gasteiger charge is 2.25. The number of methoxy groups -OCH3 is 1. The highest BCUT2D eigenvalue weighted by molar-refractivity contribution is 6.04. The highest BCUT2D eigenvalue weighted by Crippen LogP contribution is 2.24. The van der Waals surface area contributed by atoms with E-state index in [0.29, 0.717) is 17.9 Å². The smallest absolute Gasteiger partial charge is 0.305 e. The summed E-state index contributed by atoms with van der Waals surface area (Å²) in [5.41, 5.74) is 2.36. The number of ketones is 1. The molecule has 0 aliphatic rings. The molecule has 1 aromatic rings. The minimum atomic E-state index is -1.03. The largest absolute Gasteiger partial charge is 0.496 e. The van der Waals surface area contributed by atoms with Crippen LogP contribution in [0.15, 0.2) is 24.8 Å². The number of carbonyl (C=O) groups excluding carboxylic acids is 1. The number of carbonyl (C=O) groups is 2. The molecule has 0 aliphatic carbocycles. The van der Waals surface area contributed by atoms with Gasteiger partial charge in [0.05, 0.1) is 25.1 Å². The van der Waals surface area contributed by atoms with Gasteiger partial charge in [-0.05, 0) is 37.1 Å². The molecule has 0 heterocycles. The van der Waals surface area contributed by atoms with Crippen molar-refractivity contribution in [2.75, 3.05) is 13.7 Å². The van der Waals surface area contributed by atoms with Crippen LogP contribution in [0.3, 0.4) is 0 Å². The summed E-state index contributed by atoms with van der Waals surface area (Å²) in [6.45, 7) is 7.74. The lowest BCUT2D eigenvalue weighted by Crippen LogP contribution is -2.39. The molecule has 0 saturated carbocycles. The van der Waals surface area contributed by atoms with Crippen LogP contribution in [0.2, 0.25) is 0 Å². The lowest BCUT2D eigenvalue weighted by atomic mass is 9.96. The molecule has 114 valence electrons. The lowest BCUT2D eigenvalue weighted by Gasteiger charge is -2.17. The molecule has 1 atom stereocenters. The summed E-state index contributed by atoms with van der Waals surface area (Å²) in [6.07, 6.45) is 1.29. The maximum Gasteiger partial charge on any atom is 0.305 e. The molecular weight excluding hydrogens is 270 g/mol. The van der Waals surface area contributed by atoms with Gasteiger partial charge < -0.3 is 15.2 Å². The molecule has 0 aromatic heterocycles. The molecule has 21 heavy (non-hydrogen) atoms. The molecule has 5 nitrogen and oxygen atoms in total. The van der Waals surface area contributed by atoms with Crippen molar-refractivity contribution in [1.82, 2.24) is 5.32 Å². The molecule has 1 aromatic carbocycles. The number of carboxylic acid groups (broad SMARTS) is 1. The first-order valence-electron chi connectivity index (χ1n) is 6.66. The van der Waals surface area contributed by atoms with Gasteiger partial charge in [-0.2, -0.15) is 0 Å². The van der Waals surface area contributed by atoms with Gasteiger partial charge >= 0.3 is 5.97 Å². The normalized spacial score (nSPS) is 11.8. The van der Waals surface area contributed by atoms with Crippen molar-refractivity contribution >= 4 is 11.8 Å². The van der Waals surface area contributed by atoms with Crippen molar-refractivity contribution in [3.8, 4) is 5.75 Å². The summed E-state index contributed by atoms with van der Waals surface area (Å²) < 4.78 is 5.25. The SMILES string of the molecule is C=CCNC(CC(=O)O)C(=O)c1cc(C)c(C)cc1OC. The molecule has 0 aliphatic heterocycles. The van der Waals surface area contributed by atoms with Gasteiger partial charge in [0.25, 0.3) is 0 Å². The van der Waals surface area contributed by atoms with Crippen LogP contribution in [0.5, 0.6) is 5.75 Å². The second kappa shape index (κ2) is 7.59. The summed E-state index contributed by atoms with van der Waals surface area (Å²) in [6, 6.07) is 2.71. The lowest BCUT2D eigenvalue weighted by molar-refractivity contribution is -0.137. The Kier molecular flexibility index (Phi) is 6.11. The predicted molar refractivity (Wildman–Crippen MR) is 81.0 cm³/mol. The van der Waals surface area contributed by atoms with E-state index in [2.05, 4.69) is 11.9 Å². The van der Waals surface area contributed by atoms with Gasteiger partial charge in [-0.25, -0.2) is 0 Å². The third kappa shape index (κ3) is 4.43. The first kappa shape index (κ1) is 16.9. The standard InChI is InChI=1S/C16H21NO4/c1-5-6-17-13(9-15(18)19)16(20)12-7-10(2)11(3)8-14(12)21-4/h5,7-8,13,17H,1,6,9H2,2-4H3,(H,18,19). The Morgan fingerprint density at radius 2 is 2.00 bits per heavy atom. The third-order valence-electron chi connectivity index (χ3n) is 3.29. The van der Waals surface area contributed by atoms with Crippen molar-refractivity contribution in [3.63, 3.8) is 0 Å². The van der Waals surface area contributed by atoms with Gasteiger partial charge in [0.15, 0.2) is 5.78 Å². The van der Waals surface area contributed by atoms with Gasteiger partial charge in [0, 0.05) is 6.54 Å². The Labute approximate surface area is 124 Å². The maximum atomic E-state index is 12.6. The van der Waals surface area contributed by atoms with Crippen LogP contribution in [0.4, 0.5) is 0 Å².